The predicted octanol–water partition coefficient (Wildman–Crippen LogP) is 5.53. The normalized spacial score (nSPS) is 20.1. The summed E-state index contributed by atoms with van der Waals surface area (Å²) in [5.74, 6) is -0.438. The Labute approximate surface area is 238 Å². The predicted molar refractivity (Wildman–Crippen MR) is 153 cm³/mol. The van der Waals surface area contributed by atoms with Crippen molar-refractivity contribution in [2.75, 3.05) is 24.3 Å². The SMILES string of the molecule is COC1CC(C(=O)Nc2cc(C(N)(CCC3CC3)c3ccncc3)ccc2F)N(C(=O)Nc2ccc(Cl)cc2)C1. The number of pyridine rings is 1. The van der Waals surface area contributed by atoms with Crippen LogP contribution in [0.25, 0.3) is 0 Å². The fourth-order valence-corrected chi connectivity index (χ4v) is 5.35. The van der Waals surface area contributed by atoms with E-state index in [2.05, 4.69) is 15.6 Å². The van der Waals surface area contributed by atoms with E-state index in [9.17, 15) is 9.59 Å². The maximum absolute atomic E-state index is 15.1. The van der Waals surface area contributed by atoms with Crippen molar-refractivity contribution in [2.45, 2.75) is 49.8 Å². The lowest BCUT2D eigenvalue weighted by Gasteiger charge is -2.31. The van der Waals surface area contributed by atoms with Gasteiger partial charge in [0.05, 0.1) is 17.3 Å². The van der Waals surface area contributed by atoms with Crippen LogP contribution in [-0.4, -0.2) is 47.6 Å². The molecule has 3 atom stereocenters. The molecule has 8 nitrogen and oxygen atoms in total. The van der Waals surface area contributed by atoms with Crippen LogP contribution in [-0.2, 0) is 15.1 Å². The highest BCUT2D eigenvalue weighted by molar-refractivity contribution is 6.30. The van der Waals surface area contributed by atoms with Gasteiger partial charge in [-0.2, -0.15) is 0 Å². The summed E-state index contributed by atoms with van der Waals surface area (Å²) < 4.78 is 20.5. The van der Waals surface area contributed by atoms with E-state index in [1.165, 1.54) is 30.9 Å². The van der Waals surface area contributed by atoms with Gasteiger partial charge in [0.1, 0.15) is 11.9 Å². The average molecular weight is 566 g/mol. The zero-order chi connectivity index (χ0) is 28.3. The quantitative estimate of drug-likeness (QED) is 0.316. The van der Waals surface area contributed by atoms with Gasteiger partial charge in [-0.1, -0.05) is 30.5 Å². The number of amides is 3. The number of ether oxygens (including phenoxy) is 1. The Bertz CT molecular complexity index is 1360. The van der Waals surface area contributed by atoms with Crippen molar-refractivity contribution in [1.29, 1.82) is 0 Å². The van der Waals surface area contributed by atoms with Crippen LogP contribution in [0.5, 0.6) is 0 Å². The third-order valence-electron chi connectivity index (χ3n) is 7.83. The molecule has 3 amide bonds. The maximum Gasteiger partial charge on any atom is 0.322 e. The molecule has 1 aromatic heterocycles. The number of carbonyl (C=O) groups is 2. The summed E-state index contributed by atoms with van der Waals surface area (Å²) in [5.41, 5.74) is 8.25. The number of hydrogen-bond donors (Lipinski definition) is 3. The Balaban J connectivity index is 1.37. The van der Waals surface area contributed by atoms with Crippen molar-refractivity contribution in [3.63, 3.8) is 0 Å². The third kappa shape index (κ3) is 6.27. The zero-order valence-corrected chi connectivity index (χ0v) is 23.0. The van der Waals surface area contributed by atoms with Crippen molar-refractivity contribution in [3.05, 3.63) is 89.0 Å². The number of halogens is 2. The fourth-order valence-electron chi connectivity index (χ4n) is 5.23. The van der Waals surface area contributed by atoms with Crippen LogP contribution < -0.4 is 16.4 Å². The number of methoxy groups -OCH3 is 1. The van der Waals surface area contributed by atoms with Crippen LogP contribution in [0.3, 0.4) is 0 Å². The van der Waals surface area contributed by atoms with E-state index in [0.717, 1.165) is 12.0 Å². The largest absolute Gasteiger partial charge is 0.380 e. The molecular weight excluding hydrogens is 533 g/mol. The molecule has 1 aliphatic heterocycles. The van der Waals surface area contributed by atoms with Gasteiger partial charge in [-0.25, -0.2) is 9.18 Å². The van der Waals surface area contributed by atoms with Gasteiger partial charge in [-0.3, -0.25) is 9.78 Å². The van der Waals surface area contributed by atoms with Crippen molar-refractivity contribution in [1.82, 2.24) is 9.88 Å². The van der Waals surface area contributed by atoms with Gasteiger partial charge in [-0.05, 0) is 78.4 Å². The van der Waals surface area contributed by atoms with Gasteiger partial charge in [-0.15, -0.1) is 0 Å². The van der Waals surface area contributed by atoms with Crippen molar-refractivity contribution >= 4 is 34.9 Å². The summed E-state index contributed by atoms with van der Waals surface area (Å²) in [6, 6.07) is 13.7. The van der Waals surface area contributed by atoms with Gasteiger partial charge >= 0.3 is 6.03 Å². The molecule has 40 heavy (non-hydrogen) atoms. The standard InChI is InChI=1S/C30H33ClFN5O3/c1-40-24-17-27(37(18-24)29(39)35-23-7-5-22(31)6-8-23)28(38)36-26-16-21(4-9-25(26)32)30(33,13-10-19-2-3-19)20-11-14-34-15-12-20/h4-9,11-12,14-16,19,24,27H,2-3,10,13,17-18,33H2,1H3,(H,35,39)(H,36,38). The second-order valence-corrected chi connectivity index (χ2v) is 11.0. The van der Waals surface area contributed by atoms with E-state index < -0.39 is 29.3 Å². The number of carbonyl (C=O) groups excluding carboxylic acids is 2. The van der Waals surface area contributed by atoms with E-state index in [4.69, 9.17) is 22.1 Å². The number of nitrogens with two attached hydrogens (primary N) is 1. The molecule has 4 N–H and O–H groups in total. The lowest BCUT2D eigenvalue weighted by atomic mass is 9.79. The number of nitrogens with one attached hydrogen (secondary N) is 2. The summed E-state index contributed by atoms with van der Waals surface area (Å²) in [5, 5.41) is 6.05. The molecule has 0 bridgehead atoms. The van der Waals surface area contributed by atoms with Crippen molar-refractivity contribution in [2.24, 2.45) is 11.7 Å². The molecule has 1 saturated carbocycles. The second kappa shape index (κ2) is 11.9. The minimum atomic E-state index is -0.877. The molecule has 5 rings (SSSR count). The van der Waals surface area contributed by atoms with Crippen LogP contribution in [0.1, 0.15) is 43.2 Å². The number of hydrogen-bond acceptors (Lipinski definition) is 5. The van der Waals surface area contributed by atoms with E-state index in [0.29, 0.717) is 28.6 Å². The van der Waals surface area contributed by atoms with E-state index in [1.54, 1.807) is 48.8 Å². The number of anilines is 2. The minimum Gasteiger partial charge on any atom is -0.380 e. The number of rotatable bonds is 9. The van der Waals surface area contributed by atoms with Crippen LogP contribution >= 0.6 is 11.6 Å². The number of nitrogens with zero attached hydrogens (tertiary/aromatic N) is 2. The highest BCUT2D eigenvalue weighted by Crippen LogP contribution is 2.40. The summed E-state index contributed by atoms with van der Waals surface area (Å²) >= 11 is 5.94. The lowest BCUT2D eigenvalue weighted by molar-refractivity contribution is -0.119. The van der Waals surface area contributed by atoms with E-state index in [1.807, 2.05) is 12.1 Å². The Kier molecular flexibility index (Phi) is 8.35. The van der Waals surface area contributed by atoms with Gasteiger partial charge in [0.25, 0.3) is 0 Å². The third-order valence-corrected chi connectivity index (χ3v) is 8.09. The Hall–Kier alpha value is -3.53. The minimum absolute atomic E-state index is 0.0109. The van der Waals surface area contributed by atoms with Gasteiger partial charge in [0, 0.05) is 43.2 Å². The van der Waals surface area contributed by atoms with Gasteiger partial charge in [0.2, 0.25) is 5.91 Å². The number of aromatic nitrogens is 1. The Morgan fingerprint density at radius 3 is 2.50 bits per heavy atom. The molecule has 2 aromatic carbocycles. The molecule has 0 spiro atoms. The summed E-state index contributed by atoms with van der Waals surface area (Å²) in [6.07, 6.45) is 7.34. The molecule has 2 aliphatic rings. The molecule has 1 aliphatic carbocycles. The second-order valence-electron chi connectivity index (χ2n) is 10.6. The fraction of sp³-hybridized carbons (Fsp3) is 0.367. The molecular formula is C30H33ClFN5O3. The molecule has 210 valence electrons. The van der Waals surface area contributed by atoms with E-state index in [-0.39, 0.29) is 24.8 Å². The summed E-state index contributed by atoms with van der Waals surface area (Å²) in [6.45, 7) is 0.214. The summed E-state index contributed by atoms with van der Waals surface area (Å²) in [7, 11) is 1.53. The van der Waals surface area contributed by atoms with Crippen molar-refractivity contribution in [3.8, 4) is 0 Å². The smallest absolute Gasteiger partial charge is 0.322 e. The van der Waals surface area contributed by atoms with Gasteiger partial charge in [0.15, 0.2) is 0 Å². The molecule has 3 unspecified atom stereocenters. The summed E-state index contributed by atoms with van der Waals surface area (Å²) in [4.78, 5) is 32.1. The number of benzene rings is 2. The van der Waals surface area contributed by atoms with Crippen molar-refractivity contribution < 1.29 is 18.7 Å². The number of likely N-dealkylation sites (tertiary alicyclic amines) is 1. The molecule has 0 radical (unpaired) electrons. The topological polar surface area (TPSA) is 110 Å². The molecule has 2 heterocycles. The first-order chi connectivity index (χ1) is 19.3. The van der Waals surface area contributed by atoms with Crippen LogP contribution in [0.4, 0.5) is 20.6 Å². The Morgan fingerprint density at radius 1 is 1.10 bits per heavy atom. The average Bonchev–Trinajstić information content (AvgIpc) is 3.70. The van der Waals surface area contributed by atoms with Crippen LogP contribution in [0, 0.1) is 11.7 Å². The van der Waals surface area contributed by atoms with Crippen LogP contribution in [0.15, 0.2) is 67.0 Å². The van der Waals surface area contributed by atoms with Gasteiger partial charge < -0.3 is 26.0 Å². The first kappa shape index (κ1) is 28.0. The maximum atomic E-state index is 15.1. The highest BCUT2D eigenvalue weighted by atomic mass is 35.5. The molecule has 10 heteroatoms. The van der Waals surface area contributed by atoms with E-state index >= 15 is 4.39 Å². The first-order valence-electron chi connectivity index (χ1n) is 13.4. The monoisotopic (exact) mass is 565 g/mol. The number of urea groups is 1. The molecule has 3 aromatic rings. The highest BCUT2D eigenvalue weighted by Gasteiger charge is 2.40. The molecule has 1 saturated heterocycles. The lowest BCUT2D eigenvalue weighted by Crippen LogP contribution is -2.45. The first-order valence-corrected chi connectivity index (χ1v) is 13.8. The van der Waals surface area contributed by atoms with Crippen LogP contribution in [0.2, 0.25) is 5.02 Å². The Morgan fingerprint density at radius 2 is 1.82 bits per heavy atom. The zero-order valence-electron chi connectivity index (χ0n) is 22.3. The molecule has 2 fully saturated rings.